The van der Waals surface area contributed by atoms with Gasteiger partial charge in [-0.3, -0.25) is 4.90 Å². The number of rotatable bonds is 5. The van der Waals surface area contributed by atoms with Crippen molar-refractivity contribution in [1.29, 1.82) is 0 Å². The number of hydrogen-bond acceptors (Lipinski definition) is 2. The van der Waals surface area contributed by atoms with Crippen LogP contribution in [0.1, 0.15) is 23.1 Å². The molecule has 1 aliphatic rings. The van der Waals surface area contributed by atoms with Crippen molar-refractivity contribution in [2.75, 3.05) is 20.2 Å². The van der Waals surface area contributed by atoms with Crippen LogP contribution in [0.15, 0.2) is 48.5 Å². The van der Waals surface area contributed by atoms with Crippen molar-refractivity contribution in [2.45, 2.75) is 19.4 Å². The minimum Gasteiger partial charge on any atom is -0.493 e. The lowest BCUT2D eigenvalue weighted by atomic mass is 10.0. The zero-order valence-electron chi connectivity index (χ0n) is 13.9. The summed E-state index contributed by atoms with van der Waals surface area (Å²) in [5, 5.41) is 0.773. The molecule has 2 aromatic carbocycles. The van der Waals surface area contributed by atoms with E-state index in [9.17, 15) is 0 Å². The van der Waals surface area contributed by atoms with E-state index < -0.39 is 0 Å². The Hall–Kier alpha value is -1.48. The van der Waals surface area contributed by atoms with E-state index in [0.717, 1.165) is 48.9 Å². The number of halogens is 2. The predicted octanol–water partition coefficient (Wildman–Crippen LogP) is 5.23. The fourth-order valence-electron chi connectivity index (χ4n) is 2.84. The van der Waals surface area contributed by atoms with Crippen LogP contribution < -0.4 is 4.74 Å². The molecule has 0 unspecified atom stereocenters. The standard InChI is InChI=1S/C20H22ClNO.ClH/c1-22(11-3-6-16-5-2-8-19(21)13-16)15-17-9-10-18-7-4-12-23-20(18)14-17;/h2-3,5-6,8-10,13-14H,4,7,11-12,15H2,1H3;1H/b6-3+;. The molecular formula is C20H23Cl2NO. The summed E-state index contributed by atoms with van der Waals surface area (Å²) in [6.07, 6.45) is 6.54. The molecule has 128 valence electrons. The van der Waals surface area contributed by atoms with Crippen molar-refractivity contribution >= 4 is 30.1 Å². The molecule has 2 nitrogen and oxygen atoms in total. The molecule has 1 heterocycles. The van der Waals surface area contributed by atoms with Gasteiger partial charge in [-0.1, -0.05) is 48.0 Å². The Morgan fingerprint density at radius 2 is 2.08 bits per heavy atom. The molecule has 0 saturated carbocycles. The minimum absolute atomic E-state index is 0. The van der Waals surface area contributed by atoms with Gasteiger partial charge in [0.2, 0.25) is 0 Å². The average Bonchev–Trinajstić information content (AvgIpc) is 2.55. The smallest absolute Gasteiger partial charge is 0.122 e. The summed E-state index contributed by atoms with van der Waals surface area (Å²) in [6, 6.07) is 14.5. The molecule has 0 saturated heterocycles. The maximum absolute atomic E-state index is 6.00. The van der Waals surface area contributed by atoms with Gasteiger partial charge in [0.15, 0.2) is 0 Å². The first-order valence-corrected chi connectivity index (χ1v) is 8.44. The molecule has 2 aromatic rings. The first-order valence-electron chi connectivity index (χ1n) is 8.06. The van der Waals surface area contributed by atoms with Crippen LogP contribution in [0.4, 0.5) is 0 Å². The number of hydrogen-bond donors (Lipinski definition) is 0. The second-order valence-corrected chi connectivity index (χ2v) is 6.48. The van der Waals surface area contributed by atoms with Gasteiger partial charge >= 0.3 is 0 Å². The molecular weight excluding hydrogens is 341 g/mol. The van der Waals surface area contributed by atoms with E-state index in [1.807, 2.05) is 18.2 Å². The van der Waals surface area contributed by atoms with E-state index in [1.165, 1.54) is 11.1 Å². The van der Waals surface area contributed by atoms with Crippen LogP contribution in [0, 0.1) is 0 Å². The van der Waals surface area contributed by atoms with E-state index in [-0.39, 0.29) is 12.4 Å². The predicted molar refractivity (Wildman–Crippen MR) is 104 cm³/mol. The van der Waals surface area contributed by atoms with Gasteiger partial charge in [0, 0.05) is 18.1 Å². The van der Waals surface area contributed by atoms with Gasteiger partial charge in [-0.05, 0) is 54.8 Å². The van der Waals surface area contributed by atoms with Gasteiger partial charge in [0.25, 0.3) is 0 Å². The minimum atomic E-state index is 0. The van der Waals surface area contributed by atoms with Gasteiger partial charge < -0.3 is 4.74 Å². The lowest BCUT2D eigenvalue weighted by molar-refractivity contribution is 0.287. The van der Waals surface area contributed by atoms with Crippen LogP contribution in [0.2, 0.25) is 5.02 Å². The van der Waals surface area contributed by atoms with Crippen molar-refractivity contribution in [3.05, 3.63) is 70.3 Å². The number of benzene rings is 2. The molecule has 0 N–H and O–H groups in total. The first kappa shape index (κ1) is 18.9. The molecule has 0 bridgehead atoms. The number of ether oxygens (including phenoxy) is 1. The molecule has 0 aromatic heterocycles. The Labute approximate surface area is 155 Å². The summed E-state index contributed by atoms with van der Waals surface area (Å²) < 4.78 is 5.75. The summed E-state index contributed by atoms with van der Waals surface area (Å²) in [5.74, 6) is 1.07. The Bertz CT molecular complexity index is 700. The normalized spacial score (nSPS) is 13.5. The summed E-state index contributed by atoms with van der Waals surface area (Å²) in [6.45, 7) is 2.65. The van der Waals surface area contributed by atoms with Crippen molar-refractivity contribution in [3.8, 4) is 5.75 Å². The average molecular weight is 364 g/mol. The first-order chi connectivity index (χ1) is 11.2. The Balaban J connectivity index is 0.00000208. The highest BCUT2D eigenvalue weighted by molar-refractivity contribution is 6.30. The maximum Gasteiger partial charge on any atom is 0.122 e. The summed E-state index contributed by atoms with van der Waals surface area (Å²) in [7, 11) is 2.13. The Morgan fingerprint density at radius 1 is 1.21 bits per heavy atom. The van der Waals surface area contributed by atoms with Crippen molar-refractivity contribution < 1.29 is 4.74 Å². The lowest BCUT2D eigenvalue weighted by Crippen LogP contribution is -2.18. The number of aryl methyl sites for hydroxylation is 1. The Morgan fingerprint density at radius 3 is 2.92 bits per heavy atom. The summed E-state index contributed by atoms with van der Waals surface area (Å²) >= 11 is 6.00. The third-order valence-corrected chi connectivity index (χ3v) is 4.24. The fraction of sp³-hybridized carbons (Fsp3) is 0.300. The second kappa shape index (κ2) is 9.12. The second-order valence-electron chi connectivity index (χ2n) is 6.05. The number of likely N-dealkylation sites (N-methyl/N-ethyl adjacent to an activating group) is 1. The third kappa shape index (κ3) is 5.27. The molecule has 1 aliphatic heterocycles. The number of fused-ring (bicyclic) bond motifs is 1. The van der Waals surface area contributed by atoms with E-state index in [0.29, 0.717) is 0 Å². The van der Waals surface area contributed by atoms with Crippen LogP contribution in [-0.4, -0.2) is 25.1 Å². The topological polar surface area (TPSA) is 12.5 Å². The van der Waals surface area contributed by atoms with Gasteiger partial charge in [-0.15, -0.1) is 12.4 Å². The van der Waals surface area contributed by atoms with Gasteiger partial charge in [-0.25, -0.2) is 0 Å². The van der Waals surface area contributed by atoms with Gasteiger partial charge in [0.1, 0.15) is 5.75 Å². The Kier molecular flexibility index (Phi) is 7.16. The largest absolute Gasteiger partial charge is 0.493 e. The molecule has 0 spiro atoms. The molecule has 4 heteroatoms. The SMILES string of the molecule is CN(C/C=C/c1cccc(Cl)c1)Cc1ccc2c(c1)OCCC2.Cl. The molecule has 0 atom stereocenters. The maximum atomic E-state index is 6.00. The highest BCUT2D eigenvalue weighted by Gasteiger charge is 2.10. The van der Waals surface area contributed by atoms with Crippen LogP contribution in [-0.2, 0) is 13.0 Å². The van der Waals surface area contributed by atoms with Crippen molar-refractivity contribution in [1.82, 2.24) is 4.90 Å². The highest BCUT2D eigenvalue weighted by Crippen LogP contribution is 2.26. The summed E-state index contributed by atoms with van der Waals surface area (Å²) in [5.41, 5.74) is 3.76. The van der Waals surface area contributed by atoms with Crippen LogP contribution in [0.5, 0.6) is 5.75 Å². The lowest BCUT2D eigenvalue weighted by Gasteiger charge is -2.20. The number of nitrogens with zero attached hydrogens (tertiary/aromatic N) is 1. The quantitative estimate of drug-likeness (QED) is 0.720. The van der Waals surface area contributed by atoms with E-state index in [2.05, 4.69) is 48.4 Å². The van der Waals surface area contributed by atoms with Gasteiger partial charge in [-0.2, -0.15) is 0 Å². The zero-order valence-corrected chi connectivity index (χ0v) is 15.4. The molecule has 3 rings (SSSR count). The molecule has 0 aliphatic carbocycles. The third-order valence-electron chi connectivity index (χ3n) is 4.01. The zero-order chi connectivity index (χ0) is 16.1. The van der Waals surface area contributed by atoms with E-state index >= 15 is 0 Å². The van der Waals surface area contributed by atoms with E-state index in [1.54, 1.807) is 0 Å². The monoisotopic (exact) mass is 363 g/mol. The van der Waals surface area contributed by atoms with Crippen LogP contribution in [0.3, 0.4) is 0 Å². The molecule has 24 heavy (non-hydrogen) atoms. The van der Waals surface area contributed by atoms with Crippen LogP contribution in [0.25, 0.3) is 6.08 Å². The van der Waals surface area contributed by atoms with Crippen molar-refractivity contribution in [2.24, 2.45) is 0 Å². The molecule has 0 radical (unpaired) electrons. The molecule has 0 fully saturated rings. The summed E-state index contributed by atoms with van der Waals surface area (Å²) in [4.78, 5) is 2.28. The van der Waals surface area contributed by atoms with Crippen LogP contribution >= 0.6 is 24.0 Å². The van der Waals surface area contributed by atoms with Gasteiger partial charge in [0.05, 0.1) is 6.61 Å². The highest BCUT2D eigenvalue weighted by atomic mass is 35.5. The van der Waals surface area contributed by atoms with Crippen molar-refractivity contribution in [3.63, 3.8) is 0 Å². The fourth-order valence-corrected chi connectivity index (χ4v) is 3.04. The van der Waals surface area contributed by atoms with E-state index in [4.69, 9.17) is 16.3 Å². The molecule has 0 amide bonds.